The van der Waals surface area contributed by atoms with E-state index >= 15 is 0 Å². The number of hydrogen-bond donors (Lipinski definition) is 1. The Morgan fingerprint density at radius 1 is 0.929 bits per heavy atom. The molecule has 0 amide bonds. The van der Waals surface area contributed by atoms with E-state index in [1.807, 2.05) is 66.9 Å². The third-order valence-electron chi connectivity index (χ3n) is 4.98. The second-order valence-electron chi connectivity index (χ2n) is 6.90. The zero-order valence-electron chi connectivity index (χ0n) is 16.0. The molecule has 0 radical (unpaired) electrons. The predicted octanol–water partition coefficient (Wildman–Crippen LogP) is 3.79. The SMILES string of the molecule is CCC(NCc1ccccc1)c1nn2cccc2c(=O)n1Cc1ccccc1. The molecule has 0 saturated carbocycles. The summed E-state index contributed by atoms with van der Waals surface area (Å²) in [4.78, 5) is 13.2. The Kier molecular flexibility index (Phi) is 5.35. The monoisotopic (exact) mass is 372 g/mol. The van der Waals surface area contributed by atoms with E-state index in [0.717, 1.165) is 24.4 Å². The van der Waals surface area contributed by atoms with Crippen LogP contribution in [0.1, 0.15) is 36.3 Å². The molecule has 28 heavy (non-hydrogen) atoms. The fraction of sp³-hybridized carbons (Fsp3) is 0.217. The molecule has 5 heteroatoms. The first-order valence-corrected chi connectivity index (χ1v) is 9.65. The van der Waals surface area contributed by atoms with E-state index in [2.05, 4.69) is 24.4 Å². The van der Waals surface area contributed by atoms with Crippen molar-refractivity contribution >= 4 is 5.52 Å². The van der Waals surface area contributed by atoms with Gasteiger partial charge in [0, 0.05) is 12.7 Å². The molecule has 0 fully saturated rings. The summed E-state index contributed by atoms with van der Waals surface area (Å²) >= 11 is 0. The van der Waals surface area contributed by atoms with Crippen molar-refractivity contribution in [1.29, 1.82) is 0 Å². The molecular weight excluding hydrogens is 348 g/mol. The summed E-state index contributed by atoms with van der Waals surface area (Å²) in [7, 11) is 0. The van der Waals surface area contributed by atoms with Gasteiger partial charge in [0.15, 0.2) is 0 Å². The average molecular weight is 372 g/mol. The molecule has 2 aromatic heterocycles. The number of rotatable bonds is 7. The minimum Gasteiger partial charge on any atom is -0.303 e. The normalized spacial score (nSPS) is 12.3. The summed E-state index contributed by atoms with van der Waals surface area (Å²) in [6.45, 7) is 3.35. The molecular formula is C23H24N4O. The quantitative estimate of drug-likeness (QED) is 0.537. The Hall–Kier alpha value is -3.18. The smallest absolute Gasteiger partial charge is 0.278 e. The first kappa shape index (κ1) is 18.2. The topological polar surface area (TPSA) is 51.3 Å². The van der Waals surface area contributed by atoms with Gasteiger partial charge in [-0.1, -0.05) is 67.6 Å². The molecule has 5 nitrogen and oxygen atoms in total. The molecule has 4 aromatic rings. The van der Waals surface area contributed by atoms with Gasteiger partial charge in [-0.25, -0.2) is 4.52 Å². The van der Waals surface area contributed by atoms with Crippen LogP contribution >= 0.6 is 0 Å². The van der Waals surface area contributed by atoms with Crippen LogP contribution in [0.3, 0.4) is 0 Å². The first-order chi connectivity index (χ1) is 13.8. The molecule has 0 spiro atoms. The van der Waals surface area contributed by atoms with E-state index in [0.29, 0.717) is 12.1 Å². The summed E-state index contributed by atoms with van der Waals surface area (Å²) in [5, 5.41) is 8.37. The maximum absolute atomic E-state index is 13.2. The van der Waals surface area contributed by atoms with Crippen molar-refractivity contribution in [3.8, 4) is 0 Å². The number of fused-ring (bicyclic) bond motifs is 1. The Balaban J connectivity index is 1.72. The van der Waals surface area contributed by atoms with Crippen LogP contribution < -0.4 is 10.9 Å². The van der Waals surface area contributed by atoms with Crippen LogP contribution in [0.15, 0.2) is 83.8 Å². The molecule has 1 atom stereocenters. The Morgan fingerprint density at radius 2 is 1.61 bits per heavy atom. The van der Waals surface area contributed by atoms with Gasteiger partial charge in [0.1, 0.15) is 11.3 Å². The van der Waals surface area contributed by atoms with Gasteiger partial charge in [0.05, 0.1) is 12.6 Å². The fourth-order valence-corrected chi connectivity index (χ4v) is 3.47. The second kappa shape index (κ2) is 8.23. The van der Waals surface area contributed by atoms with E-state index in [1.165, 1.54) is 5.56 Å². The van der Waals surface area contributed by atoms with E-state index < -0.39 is 0 Å². The number of nitrogens with zero attached hydrogens (tertiary/aromatic N) is 3. The maximum atomic E-state index is 13.2. The van der Waals surface area contributed by atoms with Gasteiger partial charge in [-0.05, 0) is 29.7 Å². The van der Waals surface area contributed by atoms with Crippen molar-refractivity contribution in [1.82, 2.24) is 19.5 Å². The van der Waals surface area contributed by atoms with E-state index in [-0.39, 0.29) is 11.6 Å². The minimum atomic E-state index is -0.0246. The lowest BCUT2D eigenvalue weighted by Crippen LogP contribution is -2.33. The van der Waals surface area contributed by atoms with Crippen molar-refractivity contribution in [2.75, 3.05) is 0 Å². The van der Waals surface area contributed by atoms with E-state index in [9.17, 15) is 4.79 Å². The van der Waals surface area contributed by atoms with Crippen molar-refractivity contribution in [2.24, 2.45) is 0 Å². The summed E-state index contributed by atoms with van der Waals surface area (Å²) in [5.41, 5.74) is 2.87. The molecule has 4 rings (SSSR count). The lowest BCUT2D eigenvalue weighted by atomic mass is 10.1. The third kappa shape index (κ3) is 3.75. The van der Waals surface area contributed by atoms with Crippen LogP contribution in [0.25, 0.3) is 5.52 Å². The summed E-state index contributed by atoms with van der Waals surface area (Å²) < 4.78 is 3.49. The number of hydrogen-bond acceptors (Lipinski definition) is 3. The molecule has 0 aliphatic heterocycles. The second-order valence-corrected chi connectivity index (χ2v) is 6.90. The molecule has 142 valence electrons. The van der Waals surface area contributed by atoms with Crippen LogP contribution in [0.2, 0.25) is 0 Å². The highest BCUT2D eigenvalue weighted by Gasteiger charge is 2.19. The third-order valence-corrected chi connectivity index (χ3v) is 4.98. The van der Waals surface area contributed by atoms with Gasteiger partial charge >= 0.3 is 0 Å². The van der Waals surface area contributed by atoms with Crippen molar-refractivity contribution in [2.45, 2.75) is 32.5 Å². The van der Waals surface area contributed by atoms with Crippen LogP contribution in [-0.4, -0.2) is 14.2 Å². The van der Waals surface area contributed by atoms with E-state index in [1.54, 1.807) is 9.08 Å². The van der Waals surface area contributed by atoms with Crippen LogP contribution in [0.5, 0.6) is 0 Å². The van der Waals surface area contributed by atoms with Crippen molar-refractivity contribution in [3.05, 3.63) is 106 Å². The zero-order valence-corrected chi connectivity index (χ0v) is 16.0. The maximum Gasteiger partial charge on any atom is 0.278 e. The van der Waals surface area contributed by atoms with Crippen LogP contribution in [0, 0.1) is 0 Å². The van der Waals surface area contributed by atoms with Gasteiger partial charge < -0.3 is 5.32 Å². The van der Waals surface area contributed by atoms with Gasteiger partial charge in [-0.2, -0.15) is 5.10 Å². The van der Waals surface area contributed by atoms with Gasteiger partial charge in [-0.15, -0.1) is 0 Å². The Morgan fingerprint density at radius 3 is 2.29 bits per heavy atom. The van der Waals surface area contributed by atoms with Crippen molar-refractivity contribution in [3.63, 3.8) is 0 Å². The van der Waals surface area contributed by atoms with Crippen LogP contribution in [-0.2, 0) is 13.1 Å². The summed E-state index contributed by atoms with van der Waals surface area (Å²) in [6, 6.07) is 24.0. The predicted molar refractivity (Wildman–Crippen MR) is 111 cm³/mol. The Labute approximate surface area is 164 Å². The summed E-state index contributed by atoms with van der Waals surface area (Å²) in [6.07, 6.45) is 2.66. The molecule has 0 aliphatic carbocycles. The highest BCUT2D eigenvalue weighted by atomic mass is 16.1. The molecule has 0 bridgehead atoms. The number of aromatic nitrogens is 3. The van der Waals surface area contributed by atoms with Crippen molar-refractivity contribution < 1.29 is 0 Å². The number of nitrogens with one attached hydrogen (secondary N) is 1. The fourth-order valence-electron chi connectivity index (χ4n) is 3.47. The molecule has 2 heterocycles. The molecule has 1 unspecified atom stereocenters. The lowest BCUT2D eigenvalue weighted by molar-refractivity contribution is 0.453. The van der Waals surface area contributed by atoms with Crippen LogP contribution in [0.4, 0.5) is 0 Å². The standard InChI is InChI=1S/C23H24N4O/c1-2-20(24-16-18-10-5-3-6-11-18)22-25-27-15-9-14-21(27)23(28)26(22)17-19-12-7-4-8-13-19/h3-15,20,24H,2,16-17H2,1H3. The zero-order chi connectivity index (χ0) is 19.3. The Bertz CT molecular complexity index is 1100. The lowest BCUT2D eigenvalue weighted by Gasteiger charge is -2.21. The largest absolute Gasteiger partial charge is 0.303 e. The van der Waals surface area contributed by atoms with Gasteiger partial charge in [0.2, 0.25) is 0 Å². The highest BCUT2D eigenvalue weighted by Crippen LogP contribution is 2.16. The van der Waals surface area contributed by atoms with E-state index in [4.69, 9.17) is 5.10 Å². The minimum absolute atomic E-state index is 0.0150. The molecule has 1 N–H and O–H groups in total. The molecule has 0 aliphatic rings. The number of benzene rings is 2. The van der Waals surface area contributed by atoms with Gasteiger partial charge in [0.25, 0.3) is 5.56 Å². The first-order valence-electron chi connectivity index (χ1n) is 9.65. The highest BCUT2D eigenvalue weighted by molar-refractivity contribution is 5.44. The van der Waals surface area contributed by atoms with Gasteiger partial charge in [-0.3, -0.25) is 9.36 Å². The summed E-state index contributed by atoms with van der Waals surface area (Å²) in [5.74, 6) is 0.760. The molecule has 2 aromatic carbocycles. The average Bonchev–Trinajstić information content (AvgIpc) is 3.21. The molecule has 0 saturated heterocycles.